The Morgan fingerprint density at radius 1 is 0.891 bits per heavy atom. The molecule has 0 radical (unpaired) electrons. The van der Waals surface area contributed by atoms with Crippen LogP contribution in [0.3, 0.4) is 0 Å². The molecule has 0 N–H and O–H groups in total. The monoisotopic (exact) mass is 768 g/mol. The third-order valence-electron chi connectivity index (χ3n) is 10.1. The molecule has 2 aliphatic heterocycles. The number of aromatic nitrogens is 1. The topological polar surface area (TPSA) is 79.0 Å². The fraction of sp³-hybridized carbons (Fsp3) is 0.533. The second-order valence-electron chi connectivity index (χ2n) is 15.4. The van der Waals surface area contributed by atoms with Crippen LogP contribution in [0.25, 0.3) is 5.57 Å². The standard InChI is InChI=1S/C45H61BN2O6S/c1-32(2)27-40(45(50)33(3)4)30-55-31-41(49)18-15-38-13-16-39(17-14-38)42-43-34(5)28-36(7)47(43)46(19-11-21-53-25-23-51-9,20-12-22-54-26-24-52-10)48-37(8)29-35(6)44(42)48/h13-14,16-17,28-29,32-33,40H,15,18,21-27,30-31H2,1-10H3/t40-/m0/s1. The first-order valence-corrected chi connectivity index (χ1v) is 20.8. The number of methoxy groups -OCH3 is 2. The first-order chi connectivity index (χ1) is 26.4. The van der Waals surface area contributed by atoms with Crippen LogP contribution in [0.1, 0.15) is 82.5 Å². The van der Waals surface area contributed by atoms with E-state index >= 15 is 0 Å². The molecule has 1 aromatic heterocycles. The third-order valence-corrected chi connectivity index (χ3v) is 11.3. The summed E-state index contributed by atoms with van der Waals surface area (Å²) in [7, 11) is 3.31. The van der Waals surface area contributed by atoms with Gasteiger partial charge in [0.05, 0.1) is 37.8 Å². The summed E-state index contributed by atoms with van der Waals surface area (Å²) >= 11 is 1.60. The van der Waals surface area contributed by atoms with Gasteiger partial charge >= 0.3 is 6.42 Å². The minimum absolute atomic E-state index is 0.00958. The van der Waals surface area contributed by atoms with Crippen LogP contribution < -0.4 is 0 Å². The number of aryl methyl sites for hydroxylation is 3. The highest BCUT2D eigenvalue weighted by Crippen LogP contribution is 2.43. The fourth-order valence-electron chi connectivity index (χ4n) is 7.74. The highest BCUT2D eigenvalue weighted by Gasteiger charge is 2.50. The van der Waals surface area contributed by atoms with Crippen molar-refractivity contribution >= 4 is 41.0 Å². The Bertz CT molecular complexity index is 1870. The quantitative estimate of drug-likeness (QED) is 0.0806. The zero-order valence-corrected chi connectivity index (χ0v) is 35.6. The summed E-state index contributed by atoms with van der Waals surface area (Å²) in [6.07, 6.45) is 2.25. The smallest absolute Gasteiger partial charge is 0.435 e. The van der Waals surface area contributed by atoms with Gasteiger partial charge in [0.15, 0.2) is 5.70 Å². The van der Waals surface area contributed by atoms with Crippen molar-refractivity contribution in [3.63, 3.8) is 0 Å². The van der Waals surface area contributed by atoms with E-state index < -0.39 is 6.42 Å². The Morgan fingerprint density at radius 2 is 1.51 bits per heavy atom. The van der Waals surface area contributed by atoms with Gasteiger partial charge in [0.2, 0.25) is 0 Å². The Balaban J connectivity index is 1.64. The Hall–Kier alpha value is -3.64. The number of nitrogens with zero attached hydrogens (tertiary/aromatic N) is 2. The lowest BCUT2D eigenvalue weighted by atomic mass is 9.45. The molecule has 0 saturated carbocycles. The number of hydrogen-bond acceptors (Lipinski definition) is 7. The zero-order chi connectivity index (χ0) is 40.1. The average molecular weight is 769 g/mol. The number of thioether (sulfide) groups is 1. The van der Waals surface area contributed by atoms with Gasteiger partial charge in [-0.05, 0) is 68.0 Å². The Kier molecular flexibility index (Phi) is 16.9. The van der Waals surface area contributed by atoms with Gasteiger partial charge in [0.1, 0.15) is 30.5 Å². The van der Waals surface area contributed by atoms with Crippen molar-refractivity contribution in [2.45, 2.75) is 74.7 Å². The fourth-order valence-corrected chi connectivity index (χ4v) is 8.82. The SMILES string of the molecule is COCCOCC#C[B-]1(C#CCOCCOC)n2c(C)cc(C)c2C(c2ccc(CCC(=O)CSC[C@H](CC(C)C)C(=O)C(C)C)cc2)=C2C(C)=CC(C)=[N+]21. The molecule has 2 aliphatic rings. The molecule has 0 spiro atoms. The van der Waals surface area contributed by atoms with Gasteiger partial charge in [-0.1, -0.05) is 52.0 Å². The molecular formula is C45H61BN2O6S. The molecule has 0 aliphatic carbocycles. The van der Waals surface area contributed by atoms with Crippen LogP contribution in [0, 0.1) is 55.1 Å². The minimum atomic E-state index is -1.99. The number of carbonyl (C=O) groups excluding carboxylic acids is 2. The maximum absolute atomic E-state index is 13.0. The van der Waals surface area contributed by atoms with Gasteiger partial charge in [-0.3, -0.25) is 9.59 Å². The number of benzene rings is 1. The highest BCUT2D eigenvalue weighted by molar-refractivity contribution is 7.99. The lowest BCUT2D eigenvalue weighted by molar-refractivity contribution is -0.329. The first-order valence-electron chi connectivity index (χ1n) is 19.6. The summed E-state index contributed by atoms with van der Waals surface area (Å²) in [6.45, 7) is 19.3. The molecule has 0 unspecified atom stereocenters. The summed E-state index contributed by atoms with van der Waals surface area (Å²) in [4.78, 5) is 25.7. The largest absolute Gasteiger partial charge is 0.520 e. The van der Waals surface area contributed by atoms with E-state index in [0.29, 0.717) is 62.5 Å². The minimum Gasteiger partial charge on any atom is -0.435 e. The van der Waals surface area contributed by atoms with Gasteiger partial charge < -0.3 is 27.9 Å². The number of rotatable bonds is 20. The van der Waals surface area contributed by atoms with Crippen LogP contribution in [0.2, 0.25) is 0 Å². The lowest BCUT2D eigenvalue weighted by Gasteiger charge is -2.39. The summed E-state index contributed by atoms with van der Waals surface area (Å²) in [5, 5.41) is 0. The van der Waals surface area contributed by atoms with Crippen LogP contribution in [-0.2, 0) is 35.0 Å². The molecule has 2 aromatic rings. The molecule has 10 heteroatoms. The molecule has 3 heterocycles. The number of ketones is 2. The van der Waals surface area contributed by atoms with Crippen molar-refractivity contribution in [2.24, 2.45) is 17.8 Å². The molecule has 0 saturated heterocycles. The van der Waals surface area contributed by atoms with E-state index in [9.17, 15) is 9.59 Å². The molecule has 55 heavy (non-hydrogen) atoms. The van der Waals surface area contributed by atoms with Crippen LogP contribution in [0.4, 0.5) is 0 Å². The van der Waals surface area contributed by atoms with Crippen molar-refractivity contribution in [1.29, 1.82) is 0 Å². The first kappa shape index (κ1) is 44.1. The summed E-state index contributed by atoms with van der Waals surface area (Å²) in [6, 6.07) is 10.9. The number of hydrogen-bond donors (Lipinski definition) is 0. The molecule has 1 atom stereocenters. The van der Waals surface area contributed by atoms with Crippen molar-refractivity contribution in [1.82, 2.24) is 4.48 Å². The zero-order valence-electron chi connectivity index (χ0n) is 34.8. The van der Waals surface area contributed by atoms with Crippen molar-refractivity contribution in [2.75, 3.05) is 65.4 Å². The second-order valence-corrected chi connectivity index (χ2v) is 16.4. The summed E-state index contributed by atoms with van der Waals surface area (Å²) in [5.74, 6) is 16.1. The van der Waals surface area contributed by atoms with Crippen molar-refractivity contribution in [3.05, 3.63) is 75.8 Å². The maximum atomic E-state index is 13.0. The Labute approximate surface area is 334 Å². The molecule has 0 bridgehead atoms. The number of allylic oxidation sites excluding steroid dienone is 2. The Morgan fingerprint density at radius 3 is 2.07 bits per heavy atom. The van der Waals surface area contributed by atoms with E-state index in [-0.39, 0.29) is 30.8 Å². The second kappa shape index (κ2) is 21.0. The van der Waals surface area contributed by atoms with E-state index in [4.69, 9.17) is 18.9 Å². The molecule has 8 nitrogen and oxygen atoms in total. The van der Waals surface area contributed by atoms with E-state index in [2.05, 4.69) is 110 Å². The van der Waals surface area contributed by atoms with Crippen molar-refractivity contribution < 1.29 is 33.0 Å². The van der Waals surface area contributed by atoms with Gasteiger partial charge in [0.25, 0.3) is 0 Å². The van der Waals surface area contributed by atoms with Gasteiger partial charge in [-0.2, -0.15) is 23.4 Å². The maximum Gasteiger partial charge on any atom is 0.520 e. The third kappa shape index (κ3) is 11.0. The molecule has 1 aromatic carbocycles. The van der Waals surface area contributed by atoms with E-state index in [0.717, 1.165) is 57.1 Å². The van der Waals surface area contributed by atoms with Gasteiger partial charge in [-0.15, -0.1) is 11.8 Å². The molecule has 4 rings (SSSR count). The van der Waals surface area contributed by atoms with Crippen molar-refractivity contribution in [3.8, 4) is 23.5 Å². The number of ether oxygens (including phenoxy) is 4. The predicted molar refractivity (Wildman–Crippen MR) is 227 cm³/mol. The van der Waals surface area contributed by atoms with Gasteiger partial charge in [0, 0.05) is 62.5 Å². The van der Waals surface area contributed by atoms with E-state index in [1.54, 1.807) is 26.0 Å². The predicted octanol–water partition coefficient (Wildman–Crippen LogP) is 7.14. The summed E-state index contributed by atoms with van der Waals surface area (Å²) in [5.41, 5.74) is 9.99. The van der Waals surface area contributed by atoms with E-state index in [1.807, 2.05) is 13.8 Å². The summed E-state index contributed by atoms with van der Waals surface area (Å²) < 4.78 is 26.6. The average Bonchev–Trinajstić information content (AvgIpc) is 3.63. The number of carbonyl (C=O) groups is 2. The number of Topliss-reactive ketones (excluding diaryl/α,β-unsaturated/α-hetero) is 2. The molecule has 0 amide bonds. The van der Waals surface area contributed by atoms with E-state index in [1.165, 1.54) is 0 Å². The normalized spacial score (nSPS) is 15.0. The van der Waals surface area contributed by atoms with Crippen LogP contribution in [0.15, 0.2) is 47.7 Å². The van der Waals surface area contributed by atoms with Crippen LogP contribution >= 0.6 is 11.8 Å². The highest BCUT2D eigenvalue weighted by atomic mass is 32.2. The number of fused-ring (bicyclic) bond motifs is 2. The van der Waals surface area contributed by atoms with Crippen LogP contribution in [-0.4, -0.2) is 98.0 Å². The molecule has 0 fully saturated rings. The molecular weight excluding hydrogens is 707 g/mol. The lowest BCUT2D eigenvalue weighted by Crippen LogP contribution is -2.57. The molecule has 296 valence electrons. The van der Waals surface area contributed by atoms with Gasteiger partial charge in [-0.25, -0.2) is 0 Å². The van der Waals surface area contributed by atoms with Crippen LogP contribution in [0.5, 0.6) is 0 Å².